The molecule has 0 aliphatic carbocycles. The fourth-order valence-electron chi connectivity index (χ4n) is 1.94. The van der Waals surface area contributed by atoms with Gasteiger partial charge in [-0.1, -0.05) is 58.5 Å². The Hall–Kier alpha value is -2.12. The van der Waals surface area contributed by atoms with Crippen LogP contribution in [-0.4, -0.2) is 24.2 Å². The molecule has 0 atom stereocenters. The van der Waals surface area contributed by atoms with Gasteiger partial charge in [0, 0.05) is 24.0 Å². The Morgan fingerprint density at radius 2 is 1.04 bits per heavy atom. The highest BCUT2D eigenvalue weighted by Gasteiger charge is 2.07. The van der Waals surface area contributed by atoms with Crippen molar-refractivity contribution >= 4 is 70.6 Å². The van der Waals surface area contributed by atoms with Crippen molar-refractivity contribution in [2.75, 3.05) is 0 Å². The summed E-state index contributed by atoms with van der Waals surface area (Å²) >= 11 is 24.0. The lowest BCUT2D eigenvalue weighted by atomic mass is 10.2. The number of carbonyl (C=O) groups excluding carboxylic acids is 2. The number of hydrogen-bond donors (Lipinski definition) is 2. The molecule has 0 aromatic heterocycles. The number of benzene rings is 2. The van der Waals surface area contributed by atoms with Crippen molar-refractivity contribution in [3.8, 4) is 0 Å². The van der Waals surface area contributed by atoms with Crippen molar-refractivity contribution in [1.82, 2.24) is 10.9 Å². The molecule has 2 amide bonds. The van der Waals surface area contributed by atoms with E-state index in [1.807, 2.05) is 0 Å². The summed E-state index contributed by atoms with van der Waals surface area (Å²) in [6.07, 6.45) is 2.50. The summed E-state index contributed by atoms with van der Waals surface area (Å²) in [6, 6.07) is 9.99. The summed E-state index contributed by atoms with van der Waals surface area (Å²) in [7, 11) is 0. The molecule has 0 saturated carbocycles. The average molecular weight is 460 g/mol. The Bertz CT molecular complexity index is 816. The maximum absolute atomic E-state index is 11.7. The number of hydrazone groups is 2. The molecule has 2 rings (SSSR count). The van der Waals surface area contributed by atoms with Gasteiger partial charge in [-0.15, -0.1) is 0 Å². The second-order valence-electron chi connectivity index (χ2n) is 5.36. The molecule has 2 N–H and O–H groups in total. The Kier molecular flexibility index (Phi) is 8.73. The predicted molar refractivity (Wildman–Crippen MR) is 114 cm³/mol. The van der Waals surface area contributed by atoms with Gasteiger partial charge in [-0.25, -0.2) is 10.9 Å². The van der Waals surface area contributed by atoms with E-state index < -0.39 is 11.8 Å². The van der Waals surface area contributed by atoms with E-state index in [2.05, 4.69) is 21.1 Å². The first-order valence-electron chi connectivity index (χ1n) is 7.90. The summed E-state index contributed by atoms with van der Waals surface area (Å²) in [4.78, 5) is 23.5. The van der Waals surface area contributed by atoms with Crippen LogP contribution >= 0.6 is 46.4 Å². The smallest absolute Gasteiger partial charge is 0.240 e. The molecule has 0 unspecified atom stereocenters. The lowest BCUT2D eigenvalue weighted by Crippen LogP contribution is -2.22. The minimum Gasteiger partial charge on any atom is -0.273 e. The van der Waals surface area contributed by atoms with Gasteiger partial charge in [0.2, 0.25) is 11.8 Å². The largest absolute Gasteiger partial charge is 0.273 e. The SMILES string of the molecule is O=C(CCC(=O)NN=Cc1c(Cl)cccc1Cl)NN=Cc1c(Cl)cccc1Cl. The number of amides is 2. The molecule has 0 bridgehead atoms. The molecule has 0 saturated heterocycles. The van der Waals surface area contributed by atoms with E-state index >= 15 is 0 Å². The van der Waals surface area contributed by atoms with Gasteiger partial charge in [-0.2, -0.15) is 10.2 Å². The first-order valence-corrected chi connectivity index (χ1v) is 9.41. The van der Waals surface area contributed by atoms with Gasteiger partial charge in [-0.05, 0) is 24.3 Å². The number of carbonyl (C=O) groups is 2. The number of hydrogen-bond acceptors (Lipinski definition) is 4. The van der Waals surface area contributed by atoms with E-state index in [-0.39, 0.29) is 12.8 Å². The van der Waals surface area contributed by atoms with E-state index in [1.54, 1.807) is 36.4 Å². The number of nitrogens with one attached hydrogen (secondary N) is 2. The Labute approximate surface area is 181 Å². The second-order valence-corrected chi connectivity index (χ2v) is 6.99. The normalized spacial score (nSPS) is 11.1. The molecule has 6 nitrogen and oxygen atoms in total. The molecule has 0 radical (unpaired) electrons. The quantitative estimate of drug-likeness (QED) is 0.465. The maximum atomic E-state index is 11.7. The van der Waals surface area contributed by atoms with Crippen molar-refractivity contribution in [1.29, 1.82) is 0 Å². The zero-order valence-corrected chi connectivity index (χ0v) is 17.3. The lowest BCUT2D eigenvalue weighted by molar-refractivity contribution is -0.126. The second kappa shape index (κ2) is 11.0. The minimum atomic E-state index is -0.451. The Morgan fingerprint density at radius 1 is 0.714 bits per heavy atom. The van der Waals surface area contributed by atoms with Crippen LogP contribution in [0.5, 0.6) is 0 Å². The van der Waals surface area contributed by atoms with Crippen LogP contribution in [-0.2, 0) is 9.59 Å². The summed E-state index contributed by atoms with van der Waals surface area (Å²) in [5.74, 6) is -0.902. The van der Waals surface area contributed by atoms with Crippen LogP contribution in [0.3, 0.4) is 0 Å². The fourth-order valence-corrected chi connectivity index (χ4v) is 2.93. The Balaban J connectivity index is 1.77. The average Bonchev–Trinajstić information content (AvgIpc) is 2.65. The summed E-state index contributed by atoms with van der Waals surface area (Å²) in [5, 5.41) is 9.17. The standard InChI is InChI=1S/C18H14Cl4N4O2/c19-13-3-1-4-14(20)11(13)9-23-25-17(27)7-8-18(28)26-24-10-12-15(21)5-2-6-16(12)22/h1-6,9-10H,7-8H2,(H,25,27)(H,26,28). The van der Waals surface area contributed by atoms with Crippen molar-refractivity contribution < 1.29 is 9.59 Å². The zero-order valence-electron chi connectivity index (χ0n) is 14.3. The van der Waals surface area contributed by atoms with Gasteiger partial charge in [0.1, 0.15) is 0 Å². The first kappa shape index (κ1) is 22.2. The molecule has 28 heavy (non-hydrogen) atoms. The maximum Gasteiger partial charge on any atom is 0.240 e. The molecule has 0 spiro atoms. The third-order valence-corrected chi connectivity index (χ3v) is 4.66. The number of nitrogens with zero attached hydrogens (tertiary/aromatic N) is 2. The summed E-state index contributed by atoms with van der Waals surface area (Å²) < 4.78 is 0. The highest BCUT2D eigenvalue weighted by atomic mass is 35.5. The molecular formula is C18H14Cl4N4O2. The highest BCUT2D eigenvalue weighted by Crippen LogP contribution is 2.22. The molecule has 10 heteroatoms. The summed E-state index contributed by atoms with van der Waals surface area (Å²) in [5.41, 5.74) is 5.56. The van der Waals surface area contributed by atoms with Crippen molar-refractivity contribution in [3.05, 3.63) is 67.6 Å². The van der Waals surface area contributed by atoms with Gasteiger partial charge < -0.3 is 0 Å². The van der Waals surface area contributed by atoms with E-state index in [9.17, 15) is 9.59 Å². The van der Waals surface area contributed by atoms with Crippen LogP contribution in [0.15, 0.2) is 46.6 Å². The molecule has 0 aliphatic rings. The van der Waals surface area contributed by atoms with E-state index in [0.717, 1.165) is 0 Å². The van der Waals surface area contributed by atoms with Crippen LogP contribution in [0.4, 0.5) is 0 Å². The highest BCUT2D eigenvalue weighted by molar-refractivity contribution is 6.39. The van der Waals surface area contributed by atoms with Gasteiger partial charge in [-0.3, -0.25) is 9.59 Å². The van der Waals surface area contributed by atoms with E-state index in [1.165, 1.54) is 12.4 Å². The van der Waals surface area contributed by atoms with Gasteiger partial charge in [0.15, 0.2) is 0 Å². The molecular weight excluding hydrogens is 446 g/mol. The monoisotopic (exact) mass is 458 g/mol. The van der Waals surface area contributed by atoms with Crippen molar-refractivity contribution in [3.63, 3.8) is 0 Å². The van der Waals surface area contributed by atoms with Gasteiger partial charge >= 0.3 is 0 Å². The van der Waals surface area contributed by atoms with Crippen LogP contribution in [0.25, 0.3) is 0 Å². The number of rotatable bonds is 7. The third kappa shape index (κ3) is 6.80. The van der Waals surface area contributed by atoms with Gasteiger partial charge in [0.25, 0.3) is 0 Å². The van der Waals surface area contributed by atoms with Crippen LogP contribution in [0.2, 0.25) is 20.1 Å². The molecule has 2 aromatic rings. The predicted octanol–water partition coefficient (Wildman–Crippen LogP) is 4.68. The molecule has 2 aromatic carbocycles. The molecule has 0 heterocycles. The summed E-state index contributed by atoms with van der Waals surface area (Å²) in [6.45, 7) is 0. The van der Waals surface area contributed by atoms with Crippen LogP contribution in [0, 0.1) is 0 Å². The van der Waals surface area contributed by atoms with Crippen LogP contribution in [0.1, 0.15) is 24.0 Å². The first-order chi connectivity index (χ1) is 13.4. The minimum absolute atomic E-state index is 0.0816. The Morgan fingerprint density at radius 3 is 1.36 bits per heavy atom. The third-order valence-electron chi connectivity index (χ3n) is 3.34. The topological polar surface area (TPSA) is 82.9 Å². The van der Waals surface area contributed by atoms with Crippen LogP contribution < -0.4 is 10.9 Å². The lowest BCUT2D eigenvalue weighted by Gasteiger charge is -2.02. The van der Waals surface area contributed by atoms with E-state index in [0.29, 0.717) is 31.2 Å². The van der Waals surface area contributed by atoms with Gasteiger partial charge in [0.05, 0.1) is 32.5 Å². The molecule has 0 aliphatic heterocycles. The van der Waals surface area contributed by atoms with Crippen molar-refractivity contribution in [2.24, 2.45) is 10.2 Å². The molecule has 0 fully saturated rings. The zero-order chi connectivity index (χ0) is 20.5. The van der Waals surface area contributed by atoms with Crippen molar-refractivity contribution in [2.45, 2.75) is 12.8 Å². The molecule has 146 valence electrons. The number of halogens is 4. The van der Waals surface area contributed by atoms with E-state index in [4.69, 9.17) is 46.4 Å². The fraction of sp³-hybridized carbons (Fsp3) is 0.111.